The van der Waals surface area contributed by atoms with Crippen LogP contribution in [0, 0.1) is 0 Å². The highest BCUT2D eigenvalue weighted by atomic mass is 16.5. The van der Waals surface area contributed by atoms with Gasteiger partial charge in [-0.25, -0.2) is 5.48 Å². The second-order valence-corrected chi connectivity index (χ2v) is 7.80. The van der Waals surface area contributed by atoms with Gasteiger partial charge in [0, 0.05) is 48.5 Å². The summed E-state index contributed by atoms with van der Waals surface area (Å²) in [5.41, 5.74) is 6.34. The second kappa shape index (κ2) is 9.64. The second-order valence-electron chi connectivity index (χ2n) is 7.80. The van der Waals surface area contributed by atoms with E-state index in [4.69, 9.17) is 9.94 Å². The van der Waals surface area contributed by atoms with E-state index in [1.54, 1.807) is 24.9 Å². The molecule has 0 aliphatic carbocycles. The fraction of sp³-hybridized carbons (Fsp3) is 0.200. The molecule has 32 heavy (non-hydrogen) atoms. The average molecular weight is 431 g/mol. The molecule has 0 bridgehead atoms. The molecule has 2 heterocycles. The van der Waals surface area contributed by atoms with Gasteiger partial charge in [-0.15, -0.1) is 0 Å². The van der Waals surface area contributed by atoms with Crippen molar-refractivity contribution in [1.82, 2.24) is 19.9 Å². The Balaban J connectivity index is 1.66. The lowest BCUT2D eigenvalue weighted by molar-refractivity contribution is 0.0706. The van der Waals surface area contributed by atoms with Gasteiger partial charge in [0.25, 0.3) is 5.91 Å². The number of methoxy groups -OCH3 is 1. The smallest absolute Gasteiger partial charge is 0.274 e. The van der Waals surface area contributed by atoms with Crippen molar-refractivity contribution < 1.29 is 14.7 Å². The van der Waals surface area contributed by atoms with Crippen molar-refractivity contribution in [2.75, 3.05) is 14.2 Å². The molecule has 2 aromatic heterocycles. The summed E-state index contributed by atoms with van der Waals surface area (Å²) in [4.78, 5) is 18.6. The van der Waals surface area contributed by atoms with Gasteiger partial charge in [-0.05, 0) is 54.6 Å². The first-order valence-electron chi connectivity index (χ1n) is 10.3. The number of nitrogens with one attached hydrogen (secondary N) is 1. The van der Waals surface area contributed by atoms with Gasteiger partial charge in [-0.1, -0.05) is 24.3 Å². The van der Waals surface area contributed by atoms with Crippen LogP contribution >= 0.6 is 0 Å². The summed E-state index contributed by atoms with van der Waals surface area (Å²) in [6.07, 6.45) is 3.93. The summed E-state index contributed by atoms with van der Waals surface area (Å²) in [5, 5.41) is 10.1. The molecule has 0 fully saturated rings. The number of hydrogen-bond donors (Lipinski definition) is 2. The average Bonchev–Trinajstić information content (AvgIpc) is 3.15. The topological polar surface area (TPSA) is 79.6 Å². The number of amides is 1. The first kappa shape index (κ1) is 21.5. The van der Waals surface area contributed by atoms with E-state index in [1.165, 1.54) is 0 Å². The van der Waals surface area contributed by atoms with Crippen LogP contribution in [0.25, 0.3) is 10.9 Å². The predicted octanol–water partition coefficient (Wildman–Crippen LogP) is 3.84. The molecule has 7 heteroatoms. The molecule has 0 saturated carbocycles. The maximum Gasteiger partial charge on any atom is 0.274 e. The molecule has 4 rings (SSSR count). The quantitative estimate of drug-likeness (QED) is 0.328. The SMILES string of the molecule is COc1ccc(Cn2cc(CN(C)Cc3ccccn3)c3ccc(C(=O)NO)cc32)cc1. The van der Waals surface area contributed by atoms with E-state index in [0.29, 0.717) is 12.1 Å². The van der Waals surface area contributed by atoms with Gasteiger partial charge in [0.1, 0.15) is 5.75 Å². The number of aromatic nitrogens is 2. The number of carbonyl (C=O) groups is 1. The van der Waals surface area contributed by atoms with E-state index in [-0.39, 0.29) is 0 Å². The summed E-state index contributed by atoms with van der Waals surface area (Å²) in [6.45, 7) is 2.11. The first-order valence-corrected chi connectivity index (χ1v) is 10.3. The third-order valence-corrected chi connectivity index (χ3v) is 5.44. The van der Waals surface area contributed by atoms with E-state index in [2.05, 4.69) is 27.7 Å². The van der Waals surface area contributed by atoms with Crippen molar-refractivity contribution in [1.29, 1.82) is 0 Å². The maximum atomic E-state index is 12.0. The molecule has 0 aliphatic heterocycles. The fourth-order valence-electron chi connectivity index (χ4n) is 3.87. The Hall–Kier alpha value is -3.68. The Morgan fingerprint density at radius 3 is 2.62 bits per heavy atom. The van der Waals surface area contributed by atoms with E-state index < -0.39 is 5.91 Å². The number of hydrogen-bond acceptors (Lipinski definition) is 5. The number of carbonyl (C=O) groups excluding carboxylic acids is 1. The summed E-state index contributed by atoms with van der Waals surface area (Å²) in [7, 11) is 3.71. The molecular weight excluding hydrogens is 404 g/mol. The number of ether oxygens (including phenoxy) is 1. The van der Waals surface area contributed by atoms with Gasteiger partial charge >= 0.3 is 0 Å². The van der Waals surface area contributed by atoms with Gasteiger partial charge < -0.3 is 9.30 Å². The standard InChI is InChI=1S/C25H26N4O3/c1-28(17-21-5-3-4-12-26-21)15-20-16-29(14-18-6-9-22(32-2)10-7-18)24-13-19(25(30)27-31)8-11-23(20)24/h3-13,16,31H,14-15,17H2,1-2H3,(H,27,30). The van der Waals surface area contributed by atoms with Crippen molar-refractivity contribution in [2.24, 2.45) is 0 Å². The Kier molecular flexibility index (Phi) is 6.49. The van der Waals surface area contributed by atoms with E-state index in [1.807, 2.05) is 54.6 Å². The largest absolute Gasteiger partial charge is 0.497 e. The molecular formula is C25H26N4O3. The van der Waals surface area contributed by atoms with Crippen molar-refractivity contribution in [2.45, 2.75) is 19.6 Å². The lowest BCUT2D eigenvalue weighted by atomic mass is 10.1. The van der Waals surface area contributed by atoms with Gasteiger partial charge in [0.15, 0.2) is 0 Å². The third-order valence-electron chi connectivity index (χ3n) is 5.44. The molecule has 0 saturated heterocycles. The van der Waals surface area contributed by atoms with Crippen LogP contribution in [0.5, 0.6) is 5.75 Å². The summed E-state index contributed by atoms with van der Waals surface area (Å²) >= 11 is 0. The zero-order valence-corrected chi connectivity index (χ0v) is 18.2. The minimum absolute atomic E-state index is 0.405. The molecule has 0 aliphatic rings. The molecule has 164 valence electrons. The highest BCUT2D eigenvalue weighted by Gasteiger charge is 2.14. The molecule has 0 unspecified atom stereocenters. The number of fused-ring (bicyclic) bond motifs is 1. The molecule has 4 aromatic rings. The Bertz CT molecular complexity index is 1200. The first-order chi connectivity index (χ1) is 15.6. The normalized spacial score (nSPS) is 11.1. The molecule has 0 spiro atoms. The highest BCUT2D eigenvalue weighted by molar-refractivity contribution is 5.98. The van der Waals surface area contributed by atoms with Crippen molar-refractivity contribution in [3.05, 3.63) is 95.4 Å². The Morgan fingerprint density at radius 1 is 1.12 bits per heavy atom. The van der Waals surface area contributed by atoms with Gasteiger partial charge in [0.05, 0.1) is 12.8 Å². The maximum absolute atomic E-state index is 12.0. The molecule has 1 amide bonds. The minimum Gasteiger partial charge on any atom is -0.497 e. The monoisotopic (exact) mass is 430 g/mol. The number of hydroxylamine groups is 1. The summed E-state index contributed by atoms with van der Waals surface area (Å²) < 4.78 is 7.39. The lowest BCUT2D eigenvalue weighted by Gasteiger charge is -2.15. The van der Waals surface area contributed by atoms with Crippen LogP contribution in [-0.2, 0) is 19.6 Å². The van der Waals surface area contributed by atoms with Crippen molar-refractivity contribution >= 4 is 16.8 Å². The number of pyridine rings is 1. The van der Waals surface area contributed by atoms with Crippen molar-refractivity contribution in [3.63, 3.8) is 0 Å². The minimum atomic E-state index is -0.530. The van der Waals surface area contributed by atoms with Crippen LogP contribution in [-0.4, -0.2) is 39.7 Å². The third kappa shape index (κ3) is 4.80. The Labute approximate surface area is 186 Å². The highest BCUT2D eigenvalue weighted by Crippen LogP contribution is 2.26. The predicted molar refractivity (Wildman–Crippen MR) is 123 cm³/mol. The zero-order valence-electron chi connectivity index (χ0n) is 18.2. The number of rotatable bonds is 8. The van der Waals surface area contributed by atoms with Gasteiger partial charge in [-0.2, -0.15) is 0 Å². The van der Waals surface area contributed by atoms with Gasteiger partial charge in [-0.3, -0.25) is 19.9 Å². The molecule has 0 atom stereocenters. The molecule has 2 aromatic carbocycles. The van der Waals surface area contributed by atoms with E-state index >= 15 is 0 Å². The number of benzene rings is 2. The Morgan fingerprint density at radius 2 is 1.94 bits per heavy atom. The molecule has 7 nitrogen and oxygen atoms in total. The van der Waals surface area contributed by atoms with Crippen molar-refractivity contribution in [3.8, 4) is 5.75 Å². The fourth-order valence-corrected chi connectivity index (χ4v) is 3.87. The van der Waals surface area contributed by atoms with Gasteiger partial charge in [0.2, 0.25) is 0 Å². The summed E-state index contributed by atoms with van der Waals surface area (Å²) in [6, 6.07) is 19.3. The molecule has 2 N–H and O–H groups in total. The zero-order chi connectivity index (χ0) is 22.5. The van der Waals surface area contributed by atoms with Crippen LogP contribution in [0.3, 0.4) is 0 Å². The summed E-state index contributed by atoms with van der Waals surface area (Å²) in [5.74, 6) is 0.280. The molecule has 0 radical (unpaired) electrons. The van der Waals surface area contributed by atoms with Crippen LogP contribution in [0.1, 0.15) is 27.2 Å². The lowest BCUT2D eigenvalue weighted by Crippen LogP contribution is -2.18. The van der Waals surface area contributed by atoms with E-state index in [9.17, 15) is 4.79 Å². The van der Waals surface area contributed by atoms with Crippen LogP contribution in [0.15, 0.2) is 73.1 Å². The van der Waals surface area contributed by atoms with Crippen LogP contribution in [0.4, 0.5) is 0 Å². The van der Waals surface area contributed by atoms with Crippen LogP contribution in [0.2, 0.25) is 0 Å². The van der Waals surface area contributed by atoms with Crippen LogP contribution < -0.4 is 10.2 Å². The van der Waals surface area contributed by atoms with E-state index in [0.717, 1.165) is 46.6 Å². The number of nitrogens with zero attached hydrogens (tertiary/aromatic N) is 3.